The van der Waals surface area contributed by atoms with E-state index in [9.17, 15) is 4.79 Å². The zero-order chi connectivity index (χ0) is 17.8. The lowest BCUT2D eigenvalue weighted by atomic mass is 10.0. The highest BCUT2D eigenvalue weighted by Gasteiger charge is 2.32. The fraction of sp³-hybridized carbons (Fsp3) is 0.632. The second kappa shape index (κ2) is 8.06. The first-order valence-electron chi connectivity index (χ1n) is 8.97. The van der Waals surface area contributed by atoms with Crippen molar-refractivity contribution in [1.82, 2.24) is 9.80 Å². The molecule has 0 saturated carbocycles. The number of morpholine rings is 1. The van der Waals surface area contributed by atoms with E-state index >= 15 is 0 Å². The van der Waals surface area contributed by atoms with E-state index in [2.05, 4.69) is 4.90 Å². The third-order valence-electron chi connectivity index (χ3n) is 5.09. The topological polar surface area (TPSA) is 51.2 Å². The molecule has 1 amide bonds. The molecule has 2 saturated heterocycles. The van der Waals surface area contributed by atoms with Crippen LogP contribution < -0.4 is 9.47 Å². The van der Waals surface area contributed by atoms with Crippen LogP contribution in [0.4, 0.5) is 0 Å². The molecule has 3 rings (SSSR count). The van der Waals surface area contributed by atoms with E-state index < -0.39 is 0 Å². The van der Waals surface area contributed by atoms with Crippen LogP contribution in [0.3, 0.4) is 0 Å². The molecule has 0 bridgehead atoms. The van der Waals surface area contributed by atoms with Crippen molar-refractivity contribution < 1.29 is 19.0 Å². The van der Waals surface area contributed by atoms with E-state index in [1.165, 1.54) is 0 Å². The summed E-state index contributed by atoms with van der Waals surface area (Å²) >= 11 is 0. The van der Waals surface area contributed by atoms with Gasteiger partial charge in [-0.3, -0.25) is 9.69 Å². The van der Waals surface area contributed by atoms with Gasteiger partial charge in [-0.15, -0.1) is 0 Å². The number of benzene rings is 1. The number of hydrogen-bond donors (Lipinski definition) is 0. The van der Waals surface area contributed by atoms with Gasteiger partial charge in [0.05, 0.1) is 33.5 Å². The highest BCUT2D eigenvalue weighted by molar-refractivity contribution is 5.78. The average Bonchev–Trinajstić information content (AvgIpc) is 3.09. The molecule has 1 aromatic carbocycles. The average molecular weight is 348 g/mol. The van der Waals surface area contributed by atoms with Crippen molar-refractivity contribution in [3.05, 3.63) is 23.8 Å². The van der Waals surface area contributed by atoms with Gasteiger partial charge in [-0.2, -0.15) is 0 Å². The van der Waals surface area contributed by atoms with Gasteiger partial charge in [-0.05, 0) is 44.5 Å². The predicted molar refractivity (Wildman–Crippen MR) is 95.1 cm³/mol. The van der Waals surface area contributed by atoms with Crippen molar-refractivity contribution in [2.45, 2.75) is 31.9 Å². The monoisotopic (exact) mass is 348 g/mol. The Morgan fingerprint density at radius 1 is 1.28 bits per heavy atom. The minimum Gasteiger partial charge on any atom is -0.497 e. The van der Waals surface area contributed by atoms with E-state index in [0.29, 0.717) is 26.2 Å². The summed E-state index contributed by atoms with van der Waals surface area (Å²) in [6, 6.07) is 6.06. The van der Waals surface area contributed by atoms with Gasteiger partial charge >= 0.3 is 0 Å². The smallest absolute Gasteiger partial charge is 0.236 e. The molecule has 6 heteroatoms. The summed E-state index contributed by atoms with van der Waals surface area (Å²) in [4.78, 5) is 16.9. The van der Waals surface area contributed by atoms with Gasteiger partial charge in [-0.25, -0.2) is 0 Å². The van der Waals surface area contributed by atoms with Crippen LogP contribution in [0.5, 0.6) is 11.5 Å². The molecule has 1 aromatic rings. The summed E-state index contributed by atoms with van der Waals surface area (Å²) in [6.07, 6.45) is 2.22. The largest absolute Gasteiger partial charge is 0.497 e. The van der Waals surface area contributed by atoms with Gasteiger partial charge in [0.1, 0.15) is 11.5 Å². The van der Waals surface area contributed by atoms with E-state index in [0.717, 1.165) is 36.4 Å². The first-order valence-corrected chi connectivity index (χ1v) is 8.97. The Labute approximate surface area is 149 Å². The third-order valence-corrected chi connectivity index (χ3v) is 5.09. The van der Waals surface area contributed by atoms with Gasteiger partial charge in [-0.1, -0.05) is 0 Å². The second-order valence-corrected chi connectivity index (χ2v) is 6.76. The molecule has 2 aliphatic rings. The van der Waals surface area contributed by atoms with Crippen molar-refractivity contribution in [3.63, 3.8) is 0 Å². The number of rotatable bonds is 5. The summed E-state index contributed by atoms with van der Waals surface area (Å²) in [6.45, 7) is 5.37. The molecule has 0 aliphatic carbocycles. The van der Waals surface area contributed by atoms with Crippen molar-refractivity contribution in [2.24, 2.45) is 0 Å². The Hall–Kier alpha value is -1.79. The van der Waals surface area contributed by atoms with Gasteiger partial charge in [0.25, 0.3) is 0 Å². The van der Waals surface area contributed by atoms with Crippen LogP contribution in [0.15, 0.2) is 18.2 Å². The first kappa shape index (κ1) is 18.0. The Bertz CT molecular complexity index is 607. The fourth-order valence-corrected chi connectivity index (χ4v) is 3.79. The number of amides is 1. The normalized spacial score (nSPS) is 24.4. The Balaban J connectivity index is 1.73. The molecule has 6 nitrogen and oxygen atoms in total. The maximum Gasteiger partial charge on any atom is 0.236 e. The molecule has 2 fully saturated rings. The maximum absolute atomic E-state index is 12.7. The van der Waals surface area contributed by atoms with Crippen molar-refractivity contribution in [3.8, 4) is 11.5 Å². The highest BCUT2D eigenvalue weighted by atomic mass is 16.5. The van der Waals surface area contributed by atoms with E-state index in [1.54, 1.807) is 14.2 Å². The number of ether oxygens (including phenoxy) is 3. The second-order valence-electron chi connectivity index (χ2n) is 6.76. The van der Waals surface area contributed by atoms with Crippen LogP contribution >= 0.6 is 0 Å². The quantitative estimate of drug-likeness (QED) is 0.816. The molecule has 0 unspecified atom stereocenters. The summed E-state index contributed by atoms with van der Waals surface area (Å²) in [5, 5.41) is 0. The molecule has 2 atom stereocenters. The zero-order valence-corrected chi connectivity index (χ0v) is 15.4. The molecule has 138 valence electrons. The summed E-state index contributed by atoms with van der Waals surface area (Å²) in [5.41, 5.74) is 1.10. The number of methoxy groups -OCH3 is 2. The summed E-state index contributed by atoms with van der Waals surface area (Å²) < 4.78 is 16.5. The molecular formula is C19H28N2O4. The Morgan fingerprint density at radius 2 is 2.12 bits per heavy atom. The Kier molecular flexibility index (Phi) is 5.81. The number of hydrogen-bond acceptors (Lipinski definition) is 5. The summed E-state index contributed by atoms with van der Waals surface area (Å²) in [5.74, 6) is 1.85. The van der Waals surface area contributed by atoms with E-state index in [1.807, 2.05) is 30.0 Å². The number of carbonyl (C=O) groups excluding carboxylic acids is 1. The van der Waals surface area contributed by atoms with E-state index in [-0.39, 0.29) is 18.1 Å². The lowest BCUT2D eigenvalue weighted by molar-refractivity contribution is -0.139. The highest BCUT2D eigenvalue weighted by Crippen LogP contribution is 2.38. The minimum absolute atomic E-state index is 0.116. The SMILES string of the molecule is COc1ccc(OC)c([C@@H]2CCCN2CC(=O)N2CCO[C@@H](C)C2)c1. The van der Waals surface area contributed by atoms with Gasteiger partial charge in [0, 0.05) is 24.7 Å². The first-order chi connectivity index (χ1) is 12.1. The number of nitrogens with zero attached hydrogens (tertiary/aromatic N) is 2. The molecule has 0 radical (unpaired) electrons. The molecule has 0 aromatic heterocycles. The number of likely N-dealkylation sites (tertiary alicyclic amines) is 1. The molecule has 0 spiro atoms. The predicted octanol–water partition coefficient (Wildman–Crippen LogP) is 2.09. The minimum atomic E-state index is 0.116. The van der Waals surface area contributed by atoms with Crippen molar-refractivity contribution >= 4 is 5.91 Å². The standard InChI is InChI=1S/C19H28N2O4/c1-14-12-21(9-10-25-14)19(22)13-20-8-4-5-17(20)16-11-15(23-2)6-7-18(16)24-3/h6-7,11,14,17H,4-5,8-10,12-13H2,1-3H3/t14-,17-/m0/s1. The van der Waals surface area contributed by atoms with Gasteiger partial charge in [0.2, 0.25) is 5.91 Å². The van der Waals surface area contributed by atoms with Crippen LogP contribution in [0, 0.1) is 0 Å². The van der Waals surface area contributed by atoms with Crippen LogP contribution in [0.1, 0.15) is 31.4 Å². The van der Waals surface area contributed by atoms with Gasteiger partial charge < -0.3 is 19.1 Å². The molecule has 2 heterocycles. The van der Waals surface area contributed by atoms with Crippen LogP contribution in [-0.4, -0.2) is 68.8 Å². The molecule has 2 aliphatic heterocycles. The third kappa shape index (κ3) is 4.07. The van der Waals surface area contributed by atoms with Crippen LogP contribution in [-0.2, 0) is 9.53 Å². The zero-order valence-electron chi connectivity index (χ0n) is 15.4. The summed E-state index contributed by atoms with van der Waals surface area (Å²) in [7, 11) is 3.35. The Morgan fingerprint density at radius 3 is 2.84 bits per heavy atom. The molecular weight excluding hydrogens is 320 g/mol. The fourth-order valence-electron chi connectivity index (χ4n) is 3.79. The van der Waals surface area contributed by atoms with E-state index in [4.69, 9.17) is 14.2 Å². The van der Waals surface area contributed by atoms with Crippen LogP contribution in [0.25, 0.3) is 0 Å². The van der Waals surface area contributed by atoms with Crippen molar-refractivity contribution in [2.75, 3.05) is 47.0 Å². The lowest BCUT2D eigenvalue weighted by Gasteiger charge is -2.33. The molecule has 25 heavy (non-hydrogen) atoms. The van der Waals surface area contributed by atoms with Crippen LogP contribution in [0.2, 0.25) is 0 Å². The maximum atomic E-state index is 12.7. The van der Waals surface area contributed by atoms with Crippen molar-refractivity contribution in [1.29, 1.82) is 0 Å². The lowest BCUT2D eigenvalue weighted by Crippen LogP contribution is -2.48. The molecule has 0 N–H and O–H groups in total. The van der Waals surface area contributed by atoms with Gasteiger partial charge in [0.15, 0.2) is 0 Å². The number of carbonyl (C=O) groups is 1.